The number of benzene rings is 2. The van der Waals surface area contributed by atoms with Crippen LogP contribution in [0.3, 0.4) is 0 Å². The van der Waals surface area contributed by atoms with Crippen LogP contribution in [-0.4, -0.2) is 14.7 Å². The minimum atomic E-state index is -0.459. The molecular weight excluding hydrogens is 468 g/mol. The van der Waals surface area contributed by atoms with Gasteiger partial charge in [-0.3, -0.25) is 0 Å². The molecule has 0 saturated heterocycles. The van der Waals surface area contributed by atoms with Crippen molar-refractivity contribution < 1.29 is 9.52 Å². The maximum Gasteiger partial charge on any atom is 0.345 e. The molecule has 0 bridgehead atoms. The zero-order valence-corrected chi connectivity index (χ0v) is 17.9. The fourth-order valence-electron chi connectivity index (χ4n) is 3.25. The van der Waals surface area contributed by atoms with E-state index in [1.807, 2.05) is 36.4 Å². The molecule has 0 atom stereocenters. The highest BCUT2D eigenvalue weighted by Crippen LogP contribution is 2.40. The van der Waals surface area contributed by atoms with Gasteiger partial charge in [-0.05, 0) is 30.3 Å². The molecule has 0 aliphatic heterocycles. The Bertz CT molecular complexity index is 1520. The van der Waals surface area contributed by atoms with Gasteiger partial charge in [-0.25, -0.2) is 9.78 Å². The smallest absolute Gasteiger partial charge is 0.345 e. The van der Waals surface area contributed by atoms with Crippen molar-refractivity contribution in [3.05, 3.63) is 68.8 Å². The molecule has 5 rings (SSSR count). The molecule has 9 heteroatoms. The fraction of sp³-hybridized carbons (Fsp3) is 0.0476. The number of hydrogen-bond donors (Lipinski definition) is 1. The maximum absolute atomic E-state index is 12.4. The minimum absolute atomic E-state index is 0.0128. The van der Waals surface area contributed by atoms with Crippen molar-refractivity contribution in [2.75, 3.05) is 0 Å². The van der Waals surface area contributed by atoms with Crippen LogP contribution in [0.1, 0.15) is 0 Å². The summed E-state index contributed by atoms with van der Waals surface area (Å²) in [5, 5.41) is 22.5. The number of para-hydroxylation sites is 1. The summed E-state index contributed by atoms with van der Waals surface area (Å²) in [7, 11) is 1.76. The van der Waals surface area contributed by atoms with Crippen molar-refractivity contribution >= 4 is 60.0 Å². The Labute approximate surface area is 182 Å². The van der Waals surface area contributed by atoms with E-state index in [2.05, 4.69) is 31.1 Å². The van der Waals surface area contributed by atoms with Gasteiger partial charge in [0.2, 0.25) is 11.0 Å². The summed E-state index contributed by atoms with van der Waals surface area (Å²) >= 11 is 4.69. The van der Waals surface area contributed by atoms with E-state index in [0.29, 0.717) is 27.7 Å². The van der Waals surface area contributed by atoms with Crippen LogP contribution >= 0.6 is 27.3 Å². The Morgan fingerprint density at radius 2 is 2.00 bits per heavy atom. The van der Waals surface area contributed by atoms with Crippen molar-refractivity contribution in [2.24, 2.45) is 17.3 Å². The third-order valence-electron chi connectivity index (χ3n) is 4.75. The third kappa shape index (κ3) is 3.12. The zero-order chi connectivity index (χ0) is 20.8. The van der Waals surface area contributed by atoms with Gasteiger partial charge in [-0.1, -0.05) is 34.1 Å². The van der Waals surface area contributed by atoms with Gasteiger partial charge in [0, 0.05) is 27.7 Å². The normalized spacial score (nSPS) is 11.8. The Kier molecular flexibility index (Phi) is 4.48. The van der Waals surface area contributed by atoms with Crippen molar-refractivity contribution in [3.63, 3.8) is 0 Å². The number of fused-ring (bicyclic) bond motifs is 2. The Morgan fingerprint density at radius 3 is 2.87 bits per heavy atom. The molecule has 0 aliphatic rings. The predicted molar refractivity (Wildman–Crippen MR) is 120 cm³/mol. The second-order valence-electron chi connectivity index (χ2n) is 6.59. The molecular formula is C21H13BrN4O3S. The molecule has 5 aromatic rings. The van der Waals surface area contributed by atoms with Gasteiger partial charge >= 0.3 is 5.63 Å². The molecule has 0 saturated carbocycles. The van der Waals surface area contributed by atoms with E-state index >= 15 is 0 Å². The summed E-state index contributed by atoms with van der Waals surface area (Å²) in [5.74, 6) is 0.0128. The molecule has 0 amide bonds. The van der Waals surface area contributed by atoms with E-state index < -0.39 is 5.63 Å². The zero-order valence-electron chi connectivity index (χ0n) is 15.5. The van der Waals surface area contributed by atoms with Gasteiger partial charge in [0.15, 0.2) is 5.69 Å². The number of aryl methyl sites for hydroxylation is 1. The highest BCUT2D eigenvalue weighted by molar-refractivity contribution is 9.10. The van der Waals surface area contributed by atoms with Gasteiger partial charge in [-0.2, -0.15) is 0 Å². The van der Waals surface area contributed by atoms with E-state index in [9.17, 15) is 9.90 Å². The summed E-state index contributed by atoms with van der Waals surface area (Å²) in [6, 6.07) is 14.7. The molecule has 30 heavy (non-hydrogen) atoms. The number of nitrogens with zero attached hydrogens (tertiary/aromatic N) is 4. The first-order valence-corrected chi connectivity index (χ1v) is 10.6. The second kappa shape index (κ2) is 7.19. The maximum atomic E-state index is 12.4. The van der Waals surface area contributed by atoms with Crippen molar-refractivity contribution in [1.82, 2.24) is 9.55 Å². The average molecular weight is 481 g/mol. The number of rotatable bonds is 3. The van der Waals surface area contributed by atoms with Crippen LogP contribution in [0.2, 0.25) is 0 Å². The molecule has 3 heterocycles. The lowest BCUT2D eigenvalue weighted by atomic mass is 10.1. The van der Waals surface area contributed by atoms with Crippen molar-refractivity contribution in [1.29, 1.82) is 0 Å². The Morgan fingerprint density at radius 1 is 1.17 bits per heavy atom. The van der Waals surface area contributed by atoms with Crippen LogP contribution in [0.5, 0.6) is 5.88 Å². The standard InChI is InChI=1S/C21H13BrN4O3S/c1-26-16-7-6-12(22)9-14(16)18(19(26)27)24-25-21-23-15(10-30-21)13-8-11-4-2-3-5-17(11)29-20(13)28/h2-10,27H,1H3. The molecule has 1 N–H and O–H groups in total. The van der Waals surface area contributed by atoms with Gasteiger partial charge < -0.3 is 14.1 Å². The first kappa shape index (κ1) is 18.7. The van der Waals surface area contributed by atoms with E-state index in [-0.39, 0.29) is 5.88 Å². The molecule has 7 nitrogen and oxygen atoms in total. The Hall–Kier alpha value is -3.30. The highest BCUT2D eigenvalue weighted by atomic mass is 79.9. The van der Waals surface area contributed by atoms with E-state index in [1.165, 1.54) is 11.3 Å². The van der Waals surface area contributed by atoms with Crippen LogP contribution in [0, 0.1) is 0 Å². The topological polar surface area (TPSA) is 93.0 Å². The van der Waals surface area contributed by atoms with E-state index in [1.54, 1.807) is 29.1 Å². The van der Waals surface area contributed by atoms with Crippen LogP contribution in [0.4, 0.5) is 10.8 Å². The summed E-state index contributed by atoms with van der Waals surface area (Å²) in [6.07, 6.45) is 0. The first-order chi connectivity index (χ1) is 14.5. The fourth-order valence-corrected chi connectivity index (χ4v) is 4.25. The van der Waals surface area contributed by atoms with Crippen molar-refractivity contribution in [2.45, 2.75) is 0 Å². The largest absolute Gasteiger partial charge is 0.493 e. The van der Waals surface area contributed by atoms with E-state index in [0.717, 1.165) is 20.8 Å². The lowest BCUT2D eigenvalue weighted by Crippen LogP contribution is -2.02. The summed E-state index contributed by atoms with van der Waals surface area (Å²) < 4.78 is 7.89. The summed E-state index contributed by atoms with van der Waals surface area (Å²) in [5.41, 5.74) is 2.09. The van der Waals surface area contributed by atoms with Crippen LogP contribution in [-0.2, 0) is 7.05 Å². The minimum Gasteiger partial charge on any atom is -0.493 e. The van der Waals surface area contributed by atoms with Crippen LogP contribution in [0.15, 0.2) is 77.8 Å². The lowest BCUT2D eigenvalue weighted by molar-refractivity contribution is 0.436. The van der Waals surface area contributed by atoms with Gasteiger partial charge in [0.05, 0.1) is 16.8 Å². The molecule has 3 aromatic heterocycles. The van der Waals surface area contributed by atoms with Gasteiger partial charge in [0.25, 0.3) is 0 Å². The summed E-state index contributed by atoms with van der Waals surface area (Å²) in [6.45, 7) is 0. The second-order valence-corrected chi connectivity index (χ2v) is 8.35. The first-order valence-electron chi connectivity index (χ1n) is 8.89. The molecule has 2 aromatic carbocycles. The quantitative estimate of drug-likeness (QED) is 0.242. The predicted octanol–water partition coefficient (Wildman–Crippen LogP) is 6.29. The molecule has 0 unspecified atom stereocenters. The van der Waals surface area contributed by atoms with Crippen molar-refractivity contribution in [3.8, 4) is 17.1 Å². The molecule has 0 fully saturated rings. The number of thiazole rings is 1. The molecule has 148 valence electrons. The number of aromatic hydroxyl groups is 1. The van der Waals surface area contributed by atoms with Crippen LogP contribution < -0.4 is 5.63 Å². The summed E-state index contributed by atoms with van der Waals surface area (Å²) in [4.78, 5) is 16.7. The van der Waals surface area contributed by atoms with Crippen LogP contribution in [0.25, 0.3) is 33.1 Å². The molecule has 0 radical (unpaired) electrons. The molecule has 0 spiro atoms. The monoisotopic (exact) mass is 480 g/mol. The number of halogens is 1. The SMILES string of the molecule is Cn1c(O)c(N=Nc2nc(-c3cc4ccccc4oc3=O)cs2)c2cc(Br)ccc21. The van der Waals surface area contributed by atoms with E-state index in [4.69, 9.17) is 4.42 Å². The average Bonchev–Trinajstić information content (AvgIpc) is 3.29. The lowest BCUT2D eigenvalue weighted by Gasteiger charge is -1.98. The Balaban J connectivity index is 1.53. The third-order valence-corrected chi connectivity index (χ3v) is 5.97. The number of azo groups is 1. The van der Waals surface area contributed by atoms with Gasteiger partial charge in [0.1, 0.15) is 5.58 Å². The molecule has 0 aliphatic carbocycles. The number of aromatic nitrogens is 2. The van der Waals surface area contributed by atoms with Gasteiger partial charge in [-0.15, -0.1) is 21.6 Å². The highest BCUT2D eigenvalue weighted by Gasteiger charge is 2.15. The number of hydrogen-bond acceptors (Lipinski definition) is 7.